The van der Waals surface area contributed by atoms with Crippen LogP contribution in [0.3, 0.4) is 0 Å². The second-order valence-corrected chi connectivity index (χ2v) is 3.92. The Labute approximate surface area is 131 Å². The molecule has 0 aromatic rings. The first-order chi connectivity index (χ1) is 3.71. The minimum atomic E-state index is -5.92. The summed E-state index contributed by atoms with van der Waals surface area (Å²) in [5.41, 5.74) is 0. The van der Waals surface area contributed by atoms with Gasteiger partial charge < -0.3 is 32.9 Å². The number of hydrogen-bond acceptors (Lipinski definition) is 7. The molecule has 6 radical (unpaired) electrons. The van der Waals surface area contributed by atoms with Gasteiger partial charge in [0, 0.05) is 0 Å². The van der Waals surface area contributed by atoms with Crippen molar-refractivity contribution in [3.63, 3.8) is 0 Å². The maximum atomic E-state index is 9.36. The predicted molar refractivity (Wildman–Crippen MR) is 29.9 cm³/mol. The maximum absolute atomic E-state index is 9.36. The Morgan fingerprint density at radius 2 is 0.750 bits per heavy atom. The maximum Gasteiger partial charge on any atom is 2.00 e. The molecule has 0 aliphatic rings. The van der Waals surface area contributed by atoms with Crippen LogP contribution in [-0.4, -0.2) is 100.0 Å². The van der Waals surface area contributed by atoms with Crippen LogP contribution >= 0.6 is 0 Å². The Morgan fingerprint density at radius 3 is 0.750 bits per heavy atom. The van der Waals surface area contributed by atoms with E-state index in [2.05, 4.69) is 4.12 Å². The van der Waals surface area contributed by atoms with Gasteiger partial charge >= 0.3 is 81.9 Å². The summed E-state index contributed by atoms with van der Waals surface area (Å²) in [5.74, 6) is 0. The van der Waals surface area contributed by atoms with Crippen molar-refractivity contribution in [2.75, 3.05) is 0 Å². The Morgan fingerprint density at radius 1 is 0.583 bits per heavy atom. The number of hydrogen-bond donors (Lipinski definition) is 0. The molecule has 0 unspecified atom stereocenters. The van der Waals surface area contributed by atoms with Gasteiger partial charge in [-0.05, 0) is 0 Å². The Bertz CT molecular complexity index is 81.8. The van der Waals surface area contributed by atoms with Crippen LogP contribution in [0, 0.1) is 0 Å². The first-order valence-corrected chi connectivity index (χ1v) is 4.90. The number of rotatable bonds is 2. The molecule has 0 bridgehead atoms. The molecule has 0 N–H and O–H groups in total. The van der Waals surface area contributed by atoms with Gasteiger partial charge in [0.15, 0.2) is 0 Å². The smallest absolute Gasteiger partial charge is 0.862 e. The van der Waals surface area contributed by atoms with Crippen LogP contribution in [0.15, 0.2) is 0 Å². The van der Waals surface area contributed by atoms with Crippen molar-refractivity contribution >= 4 is 100.0 Å². The van der Waals surface area contributed by atoms with E-state index >= 15 is 0 Å². The normalized spacial score (nSPS) is 10.5. The van der Waals surface area contributed by atoms with Crippen LogP contribution in [-0.2, 0) is 4.12 Å². The average molecular weight is 790 g/mol. The predicted octanol–water partition coefficient (Wildman–Crippen LogP) is -9.11. The van der Waals surface area contributed by atoms with Crippen LogP contribution in [0.5, 0.6) is 0 Å². The molecular weight excluding hydrogens is 790 g/mol. The summed E-state index contributed by atoms with van der Waals surface area (Å²) < 4.78 is 2.57. The van der Waals surface area contributed by atoms with Crippen LogP contribution in [0.25, 0.3) is 0 Å². The van der Waals surface area contributed by atoms with Crippen LogP contribution in [0.1, 0.15) is 0 Å². The molecule has 0 aromatic heterocycles. The molecule has 0 spiro atoms. The van der Waals surface area contributed by atoms with E-state index in [1.807, 2.05) is 0 Å². The van der Waals surface area contributed by atoms with Gasteiger partial charge in [0.1, 0.15) is 0 Å². The third-order valence-corrected chi connectivity index (χ3v) is 2.25. The summed E-state index contributed by atoms with van der Waals surface area (Å²) in [7, 11) is -11.8. The average Bonchev–Trinajstić information content (AvgIpc) is 1.14. The van der Waals surface area contributed by atoms with Crippen molar-refractivity contribution in [1.29, 1.82) is 0 Å². The van der Waals surface area contributed by atoms with Crippen LogP contribution in [0.2, 0.25) is 0 Å². The van der Waals surface area contributed by atoms with Gasteiger partial charge in [-0.1, -0.05) is 0 Å². The van der Waals surface area contributed by atoms with Crippen LogP contribution < -0.4 is 28.8 Å². The van der Waals surface area contributed by atoms with E-state index in [0.29, 0.717) is 0 Å². The second-order valence-electron chi connectivity index (χ2n) is 1.10. The van der Waals surface area contributed by atoms with Crippen molar-refractivity contribution in [2.24, 2.45) is 0 Å². The monoisotopic (exact) mass is 792 g/mol. The van der Waals surface area contributed by atoms with Gasteiger partial charge in [-0.3, -0.25) is 0 Å². The molecule has 62 valence electrons. The minimum absolute atomic E-state index is 0. The molecule has 7 nitrogen and oxygen atoms in total. The van der Waals surface area contributed by atoms with Crippen molar-refractivity contribution in [2.45, 2.75) is 0 Å². The third-order valence-electron chi connectivity index (χ3n) is 0.250. The molecule has 0 saturated carbocycles. The van der Waals surface area contributed by atoms with Gasteiger partial charge in [-0.25, -0.2) is 0 Å². The first-order valence-electron chi connectivity index (χ1n) is 1.63. The zero-order valence-electron chi connectivity index (χ0n) is 5.36. The van der Waals surface area contributed by atoms with Gasteiger partial charge in [0.25, 0.3) is 0 Å². The van der Waals surface area contributed by atoms with E-state index < -0.39 is 18.1 Å². The van der Waals surface area contributed by atoms with Gasteiger partial charge in [-0.2, -0.15) is 0 Å². The fourth-order valence-corrected chi connectivity index (χ4v) is 1.38. The molecule has 0 heterocycles. The summed E-state index contributed by atoms with van der Waals surface area (Å²) in [6.07, 6.45) is 0. The summed E-state index contributed by atoms with van der Waals surface area (Å²) in [6.45, 7) is 0. The van der Waals surface area contributed by atoms with E-state index in [1.54, 1.807) is 0 Å². The van der Waals surface area contributed by atoms with Crippen molar-refractivity contribution < 1.29 is 32.9 Å². The van der Waals surface area contributed by atoms with E-state index in [1.165, 1.54) is 0 Å². The van der Waals surface area contributed by atoms with Crippen molar-refractivity contribution in [1.82, 2.24) is 0 Å². The molecule has 0 amide bonds. The van der Waals surface area contributed by atoms with Gasteiger partial charge in [0.2, 0.25) is 0 Å². The van der Waals surface area contributed by atoms with Crippen LogP contribution in [0.4, 0.5) is 0 Å². The Hall–Kier alpha value is 2.92. The summed E-state index contributed by atoms with van der Waals surface area (Å²) in [4.78, 5) is 56.2. The van der Waals surface area contributed by atoms with E-state index in [-0.39, 0.29) is 81.9 Å². The topological polar surface area (TPSA) is 148 Å². The van der Waals surface area contributed by atoms with E-state index in [0.717, 1.165) is 0 Å². The molecule has 12 heteroatoms. The SMILES string of the molecule is [O-][Si]([O-])([O-])O[Si]([O-])([O-])[O-].[Pb+2].[Pb+2].[Pb+2]. The molecule has 0 atom stereocenters. The fourth-order valence-electron chi connectivity index (χ4n) is 0.153. The largest absolute Gasteiger partial charge is 2.00 e. The minimum Gasteiger partial charge on any atom is -0.862 e. The van der Waals surface area contributed by atoms with Gasteiger partial charge in [-0.15, -0.1) is 18.1 Å². The second kappa shape index (κ2) is 9.17. The van der Waals surface area contributed by atoms with E-state index in [4.69, 9.17) is 0 Å². The summed E-state index contributed by atoms with van der Waals surface area (Å²) in [5, 5.41) is 0. The summed E-state index contributed by atoms with van der Waals surface area (Å²) in [6, 6.07) is 0. The van der Waals surface area contributed by atoms with Crippen molar-refractivity contribution in [3.05, 3.63) is 0 Å². The zero-order valence-corrected chi connectivity index (χ0v) is 19.0. The van der Waals surface area contributed by atoms with Gasteiger partial charge in [0.05, 0.1) is 0 Å². The Balaban J connectivity index is -0.000000107. The molecule has 0 rings (SSSR count). The molecule has 12 heavy (non-hydrogen) atoms. The Kier molecular flexibility index (Phi) is 18.5. The quantitative estimate of drug-likeness (QED) is 0.253. The molecule has 0 aromatic carbocycles. The van der Waals surface area contributed by atoms with Crippen molar-refractivity contribution in [3.8, 4) is 0 Å². The zero-order chi connectivity index (χ0) is 7.71. The summed E-state index contributed by atoms with van der Waals surface area (Å²) >= 11 is 0. The van der Waals surface area contributed by atoms with E-state index in [9.17, 15) is 28.8 Å². The standard InChI is InChI=1S/O7Si2.3Pb/c1-8(2,3)7-9(4,5)6;;;/q-6;3*+2. The fraction of sp³-hybridized carbons (Fsp3) is 0. The molecule has 0 aliphatic heterocycles. The molecule has 0 fully saturated rings. The molecule has 0 aliphatic carbocycles. The molecular formula is O7Pb3Si2. The first kappa shape index (κ1) is 24.2. The third kappa shape index (κ3) is 23.1. The molecule has 0 saturated heterocycles.